The molecule has 4 atom stereocenters. The third-order valence-corrected chi connectivity index (χ3v) is 6.15. The molecule has 0 amide bonds. The van der Waals surface area contributed by atoms with E-state index in [1.165, 1.54) is 0 Å². The van der Waals surface area contributed by atoms with Crippen LogP contribution >= 0.6 is 24.0 Å². The zero-order valence-electron chi connectivity index (χ0n) is 19.5. The van der Waals surface area contributed by atoms with Crippen LogP contribution in [0.5, 0.6) is 0 Å². The van der Waals surface area contributed by atoms with Gasteiger partial charge in [-0.1, -0.05) is 37.6 Å². The summed E-state index contributed by atoms with van der Waals surface area (Å²) in [5, 5.41) is 11.3. The predicted molar refractivity (Wildman–Crippen MR) is 131 cm³/mol. The molecule has 0 bridgehead atoms. The van der Waals surface area contributed by atoms with Crippen LogP contribution in [0.4, 0.5) is 4.39 Å². The topological polar surface area (TPSA) is 114 Å². The summed E-state index contributed by atoms with van der Waals surface area (Å²) < 4.78 is 26.2. The molecule has 0 saturated carbocycles. The van der Waals surface area contributed by atoms with Gasteiger partial charge in [0.2, 0.25) is 5.82 Å². The molecule has 1 saturated heterocycles. The maximum absolute atomic E-state index is 13.8. The summed E-state index contributed by atoms with van der Waals surface area (Å²) in [5.74, 6) is -1.60. The van der Waals surface area contributed by atoms with Gasteiger partial charge in [-0.3, -0.25) is 19.1 Å². The summed E-state index contributed by atoms with van der Waals surface area (Å²) in [6.07, 6.45) is -2.89. The number of H-pyrrole nitrogens is 1. The number of benzene rings is 1. The van der Waals surface area contributed by atoms with Crippen LogP contribution in [-0.2, 0) is 20.7 Å². The average Bonchev–Trinajstić information content (AvgIpc) is 3.19. The van der Waals surface area contributed by atoms with E-state index in [1.54, 1.807) is 24.3 Å². The van der Waals surface area contributed by atoms with E-state index < -0.39 is 47.6 Å². The molecule has 194 valence electrons. The van der Waals surface area contributed by atoms with Crippen molar-refractivity contribution in [3.05, 3.63) is 67.7 Å². The minimum Gasteiger partial charge on any atom is -0.459 e. The maximum Gasteiger partial charge on any atom is 0.330 e. The van der Waals surface area contributed by atoms with Crippen molar-refractivity contribution in [2.75, 3.05) is 19.6 Å². The van der Waals surface area contributed by atoms with Gasteiger partial charge in [-0.2, -0.15) is 4.39 Å². The van der Waals surface area contributed by atoms with Crippen LogP contribution in [0.25, 0.3) is 0 Å². The highest BCUT2D eigenvalue weighted by Gasteiger charge is 2.42. The van der Waals surface area contributed by atoms with E-state index in [0.29, 0.717) is 11.6 Å². The Kier molecular flexibility index (Phi) is 10.9. The Morgan fingerprint density at radius 3 is 2.60 bits per heavy atom. The Balaban J connectivity index is 0.00000432. The van der Waals surface area contributed by atoms with Crippen LogP contribution < -0.4 is 11.2 Å². The second kappa shape index (κ2) is 13.2. The number of rotatable bonds is 10. The predicted octanol–water partition coefficient (Wildman–Crippen LogP) is 2.29. The van der Waals surface area contributed by atoms with Gasteiger partial charge in [0, 0.05) is 24.4 Å². The molecule has 1 aromatic carbocycles. The first-order valence-corrected chi connectivity index (χ1v) is 11.6. The molecule has 0 aliphatic carbocycles. The van der Waals surface area contributed by atoms with Crippen molar-refractivity contribution in [1.82, 2.24) is 14.5 Å². The number of hydrogen-bond donors (Lipinski definition) is 2. The fraction of sp³-hybridized carbons (Fsp3) is 0.522. The number of ether oxygens (including phenoxy) is 2. The lowest BCUT2D eigenvalue weighted by Gasteiger charge is -2.27. The van der Waals surface area contributed by atoms with Gasteiger partial charge in [-0.05, 0) is 30.8 Å². The van der Waals surface area contributed by atoms with E-state index in [9.17, 15) is 23.9 Å². The summed E-state index contributed by atoms with van der Waals surface area (Å²) in [5.41, 5.74) is -1.20. The van der Waals surface area contributed by atoms with Crippen LogP contribution in [0, 0.1) is 5.82 Å². The van der Waals surface area contributed by atoms with E-state index in [4.69, 9.17) is 21.1 Å². The Bertz CT molecular complexity index is 1090. The largest absolute Gasteiger partial charge is 0.459 e. The van der Waals surface area contributed by atoms with Crippen molar-refractivity contribution in [2.45, 2.75) is 57.6 Å². The molecule has 12 heteroatoms. The summed E-state index contributed by atoms with van der Waals surface area (Å²) >= 11 is 5.96. The Labute approximate surface area is 213 Å². The van der Waals surface area contributed by atoms with Gasteiger partial charge in [0.1, 0.15) is 18.4 Å². The fourth-order valence-electron chi connectivity index (χ4n) is 3.95. The summed E-state index contributed by atoms with van der Waals surface area (Å²) in [6, 6.07) is 6.96. The monoisotopic (exact) mass is 533 g/mol. The van der Waals surface area contributed by atoms with Gasteiger partial charge >= 0.3 is 11.7 Å². The number of aromatic nitrogens is 2. The number of nitrogens with one attached hydrogen (secondary N) is 1. The normalized spacial score (nSPS) is 20.5. The SMILES string of the molecule is CCN(CC)CCC(=O)OC(Cc1ccc(Cl)cc1)[C@H]1O[C@@H](n2cc(F)c(=O)[nH]c2=O)C[C@@H]1O.Cl. The van der Waals surface area contributed by atoms with Gasteiger partial charge in [0.15, 0.2) is 0 Å². The number of carbonyl (C=O) groups is 1. The summed E-state index contributed by atoms with van der Waals surface area (Å²) in [4.78, 5) is 40.1. The lowest BCUT2D eigenvalue weighted by molar-refractivity contribution is -0.162. The quantitative estimate of drug-likeness (QED) is 0.450. The third-order valence-electron chi connectivity index (χ3n) is 5.90. The molecule has 1 aromatic heterocycles. The number of halogens is 3. The van der Waals surface area contributed by atoms with Gasteiger partial charge in [-0.25, -0.2) is 4.79 Å². The van der Waals surface area contributed by atoms with Crippen LogP contribution in [0.2, 0.25) is 5.02 Å². The summed E-state index contributed by atoms with van der Waals surface area (Å²) in [7, 11) is 0. The minimum absolute atomic E-state index is 0. The molecule has 2 heterocycles. The molecule has 2 N–H and O–H groups in total. The highest BCUT2D eigenvalue weighted by Crippen LogP contribution is 2.32. The highest BCUT2D eigenvalue weighted by atomic mass is 35.5. The first-order chi connectivity index (χ1) is 16.2. The number of nitrogens with zero attached hydrogens (tertiary/aromatic N) is 2. The number of aromatic amines is 1. The van der Waals surface area contributed by atoms with Crippen LogP contribution in [0.3, 0.4) is 0 Å². The van der Waals surface area contributed by atoms with E-state index in [1.807, 2.05) is 18.8 Å². The number of aliphatic hydroxyl groups excluding tert-OH is 1. The standard InChI is InChI=1S/C23H29ClFN3O6.ClH/c1-3-27(4-2)10-9-20(30)33-18(11-14-5-7-15(24)8-6-14)21-17(29)12-19(34-21)28-13-16(25)22(31)26-23(28)32;/h5-8,13,17-19,21,29H,3-4,9-12H2,1-2H3,(H,26,31,32);1H/t17-,18?,19+,21-;/m0./s1. The van der Waals surface area contributed by atoms with Crippen molar-refractivity contribution in [2.24, 2.45) is 0 Å². The summed E-state index contributed by atoms with van der Waals surface area (Å²) in [6.45, 7) is 6.14. The lowest BCUT2D eigenvalue weighted by atomic mass is 10.00. The Morgan fingerprint density at radius 2 is 1.97 bits per heavy atom. The molecular weight excluding hydrogens is 504 g/mol. The first-order valence-electron chi connectivity index (χ1n) is 11.2. The zero-order chi connectivity index (χ0) is 24.8. The van der Waals surface area contributed by atoms with Crippen molar-refractivity contribution in [1.29, 1.82) is 0 Å². The fourth-order valence-corrected chi connectivity index (χ4v) is 4.08. The zero-order valence-corrected chi connectivity index (χ0v) is 21.1. The van der Waals surface area contributed by atoms with Gasteiger partial charge in [-0.15, -0.1) is 12.4 Å². The maximum atomic E-state index is 13.8. The Hall–Kier alpha value is -2.24. The minimum atomic E-state index is -1.15. The van der Waals surface area contributed by atoms with E-state index in [-0.39, 0.29) is 31.7 Å². The molecule has 0 spiro atoms. The molecular formula is C23H30Cl2FN3O6. The molecule has 0 radical (unpaired) electrons. The van der Waals surface area contributed by atoms with Crippen LogP contribution in [0.15, 0.2) is 40.1 Å². The Morgan fingerprint density at radius 1 is 1.31 bits per heavy atom. The van der Waals surface area contributed by atoms with Crippen molar-refractivity contribution in [3.63, 3.8) is 0 Å². The van der Waals surface area contributed by atoms with Crippen molar-refractivity contribution < 1.29 is 23.8 Å². The smallest absolute Gasteiger partial charge is 0.330 e. The number of hydrogen-bond acceptors (Lipinski definition) is 7. The molecule has 1 aliphatic heterocycles. The van der Waals surface area contributed by atoms with E-state index >= 15 is 0 Å². The molecule has 1 unspecified atom stereocenters. The number of esters is 1. The number of aliphatic hydroxyl groups is 1. The molecule has 35 heavy (non-hydrogen) atoms. The first kappa shape index (κ1) is 29.0. The average molecular weight is 534 g/mol. The molecule has 1 aliphatic rings. The van der Waals surface area contributed by atoms with E-state index in [2.05, 4.69) is 4.90 Å². The van der Waals surface area contributed by atoms with Gasteiger partial charge in [0.25, 0.3) is 5.56 Å². The van der Waals surface area contributed by atoms with Crippen LogP contribution in [-0.4, -0.2) is 63.5 Å². The van der Waals surface area contributed by atoms with Crippen molar-refractivity contribution >= 4 is 30.0 Å². The van der Waals surface area contributed by atoms with Gasteiger partial charge < -0.3 is 19.5 Å². The molecule has 9 nitrogen and oxygen atoms in total. The highest BCUT2D eigenvalue weighted by molar-refractivity contribution is 6.30. The lowest BCUT2D eigenvalue weighted by Crippen LogP contribution is -2.40. The second-order valence-electron chi connectivity index (χ2n) is 8.14. The van der Waals surface area contributed by atoms with E-state index in [0.717, 1.165) is 29.4 Å². The molecule has 2 aromatic rings. The molecule has 3 rings (SSSR count). The van der Waals surface area contributed by atoms with Crippen molar-refractivity contribution in [3.8, 4) is 0 Å². The second-order valence-corrected chi connectivity index (χ2v) is 8.57. The third kappa shape index (κ3) is 7.62. The number of carbonyl (C=O) groups excluding carboxylic acids is 1. The van der Waals surface area contributed by atoms with Crippen LogP contribution in [0.1, 0.15) is 38.5 Å². The van der Waals surface area contributed by atoms with Gasteiger partial charge in [0.05, 0.1) is 18.7 Å². The molecule has 1 fully saturated rings.